The lowest BCUT2D eigenvalue weighted by Crippen LogP contribution is -2.72. The van der Waals surface area contributed by atoms with Crippen LogP contribution in [-0.4, -0.2) is 63.8 Å². The number of halogens is 2. The normalized spacial score (nSPS) is 38.4. The lowest BCUT2D eigenvalue weighted by Gasteiger charge is -2.51. The van der Waals surface area contributed by atoms with Crippen molar-refractivity contribution in [3.63, 3.8) is 0 Å². The highest BCUT2D eigenvalue weighted by Crippen LogP contribution is 2.47. The smallest absolute Gasteiger partial charge is 0.204 e. The third kappa shape index (κ3) is 2.28. The van der Waals surface area contributed by atoms with E-state index < -0.39 is 34.3 Å². The zero-order chi connectivity index (χ0) is 17.9. The second kappa shape index (κ2) is 5.82. The summed E-state index contributed by atoms with van der Waals surface area (Å²) in [5.41, 5.74) is -4.18. The first-order valence-electron chi connectivity index (χ1n) is 6.89. The highest BCUT2D eigenvalue weighted by Gasteiger charge is 2.64. The number of aliphatic hydroxyl groups is 5. The van der Waals surface area contributed by atoms with Crippen molar-refractivity contribution < 1.29 is 35.4 Å². The largest absolute Gasteiger partial charge is 0.506 e. The summed E-state index contributed by atoms with van der Waals surface area (Å²) in [7, 11) is 0. The fourth-order valence-electron chi connectivity index (χ4n) is 2.89. The summed E-state index contributed by atoms with van der Waals surface area (Å²) < 4.78 is 3.77. The van der Waals surface area contributed by atoms with Gasteiger partial charge < -0.3 is 39.9 Å². The number of nitrogens with zero attached hydrogens (tertiary/aromatic N) is 1. The Balaban J connectivity index is 2.25. The molecule has 1 aromatic carbocycles. The second-order valence-corrected chi connectivity index (χ2v) is 7.23. The fraction of sp³-hybridized carbons (Fsp3) is 0.429. The molecule has 24 heavy (non-hydrogen) atoms. The molecule has 1 fully saturated rings. The summed E-state index contributed by atoms with van der Waals surface area (Å²) in [5, 5.41) is 61.9. The molecule has 132 valence electrons. The first-order valence-corrected chi connectivity index (χ1v) is 8.12. The van der Waals surface area contributed by atoms with E-state index in [-0.39, 0.29) is 11.3 Å². The van der Waals surface area contributed by atoms with E-state index >= 15 is 0 Å². The Morgan fingerprint density at radius 3 is 2.50 bits per heavy atom. The van der Waals surface area contributed by atoms with E-state index in [4.69, 9.17) is 16.3 Å². The number of hydrogen-bond acceptors (Lipinski definition) is 7. The molecule has 0 radical (unpaired) electrons. The molecule has 3 rings (SSSR count). The van der Waals surface area contributed by atoms with Gasteiger partial charge >= 0.3 is 0 Å². The Morgan fingerprint density at radius 1 is 1.25 bits per heavy atom. The quantitative estimate of drug-likeness (QED) is 0.365. The van der Waals surface area contributed by atoms with Crippen molar-refractivity contribution in [2.45, 2.75) is 34.3 Å². The van der Waals surface area contributed by atoms with Crippen molar-refractivity contribution in [3.8, 4) is 5.75 Å². The van der Waals surface area contributed by atoms with Crippen molar-refractivity contribution in [2.75, 3.05) is 0 Å². The Labute approximate surface area is 149 Å². The predicted octanol–water partition coefficient (Wildman–Crippen LogP) is -0.289. The topological polar surface area (TPSA) is 136 Å². The molecule has 10 heteroatoms. The summed E-state index contributed by atoms with van der Waals surface area (Å²) in [6.45, 7) is 0. The zero-order valence-corrected chi connectivity index (χ0v) is 14.3. The SMILES string of the molecule is Oc1cn([C@]2(O)[C@@H](O)[C@@](Br)(C(O)Cl)O[C@H](O)[C@@H]2O)c2ccccc12. The molecule has 1 saturated heterocycles. The van der Waals surface area contributed by atoms with Crippen molar-refractivity contribution in [1.82, 2.24) is 4.57 Å². The molecule has 2 heterocycles. The van der Waals surface area contributed by atoms with E-state index in [9.17, 15) is 30.6 Å². The molecular formula is C14H15BrClNO7. The van der Waals surface area contributed by atoms with Gasteiger partial charge in [0.25, 0.3) is 0 Å². The minimum absolute atomic E-state index is 0.217. The highest BCUT2D eigenvalue weighted by atomic mass is 79.9. The van der Waals surface area contributed by atoms with Crippen LogP contribution in [0.15, 0.2) is 30.5 Å². The van der Waals surface area contributed by atoms with Crippen LogP contribution in [0.25, 0.3) is 10.9 Å². The molecule has 0 aliphatic carbocycles. The van der Waals surface area contributed by atoms with Crippen LogP contribution >= 0.6 is 27.5 Å². The number of ether oxygens (including phenoxy) is 1. The number of para-hydroxylation sites is 1. The summed E-state index contributed by atoms with van der Waals surface area (Å²) in [6, 6.07) is 6.37. The maximum Gasteiger partial charge on any atom is 0.204 e. The standard InChI is InChI=1S/C14H15BrClNO7/c15-13(12(16)22)11(21)14(23,9(19)10(20)24-13)17-5-8(18)6-3-1-2-4-7(6)17/h1-5,9-12,18-23H/t9-,10-,11-,12?,13-,14+/m0/s1. The number of aliphatic hydroxyl groups excluding tert-OH is 4. The number of benzene rings is 1. The van der Waals surface area contributed by atoms with Crippen LogP contribution in [0.1, 0.15) is 0 Å². The summed E-state index contributed by atoms with van der Waals surface area (Å²) in [5.74, 6) is -0.217. The maximum absolute atomic E-state index is 11.1. The van der Waals surface area contributed by atoms with Gasteiger partial charge in [0.05, 0.1) is 5.52 Å². The van der Waals surface area contributed by atoms with Crippen LogP contribution in [0.5, 0.6) is 5.75 Å². The van der Waals surface area contributed by atoms with Gasteiger partial charge in [0.1, 0.15) is 11.9 Å². The van der Waals surface area contributed by atoms with E-state index in [1.165, 1.54) is 6.07 Å². The van der Waals surface area contributed by atoms with E-state index in [1.807, 2.05) is 0 Å². The van der Waals surface area contributed by atoms with Gasteiger partial charge in [0.2, 0.25) is 5.72 Å². The Hall–Kier alpha value is -0.910. The first kappa shape index (κ1) is 17.9. The number of hydrogen-bond donors (Lipinski definition) is 6. The van der Waals surface area contributed by atoms with Gasteiger partial charge in [-0.25, -0.2) is 0 Å². The van der Waals surface area contributed by atoms with Crippen molar-refractivity contribution in [1.29, 1.82) is 0 Å². The third-order valence-corrected chi connectivity index (χ3v) is 5.83. The minimum Gasteiger partial charge on any atom is -0.506 e. The van der Waals surface area contributed by atoms with Gasteiger partial charge in [-0.1, -0.05) is 23.7 Å². The molecule has 1 unspecified atom stereocenters. The van der Waals surface area contributed by atoms with Crippen molar-refractivity contribution in [2.24, 2.45) is 0 Å². The number of aromatic hydroxyl groups is 1. The van der Waals surface area contributed by atoms with E-state index in [0.717, 1.165) is 10.8 Å². The molecule has 1 aromatic heterocycles. The van der Waals surface area contributed by atoms with E-state index in [0.29, 0.717) is 5.39 Å². The van der Waals surface area contributed by atoms with Gasteiger partial charge in [0, 0.05) is 11.6 Å². The molecule has 6 atom stereocenters. The Kier molecular flexibility index (Phi) is 4.34. The molecule has 8 nitrogen and oxygen atoms in total. The van der Waals surface area contributed by atoms with Crippen LogP contribution in [0.3, 0.4) is 0 Å². The molecule has 0 bridgehead atoms. The summed E-state index contributed by atoms with van der Waals surface area (Å²) in [6.07, 6.45) is -4.94. The number of rotatable bonds is 2. The molecule has 6 N–H and O–H groups in total. The minimum atomic E-state index is -2.57. The van der Waals surface area contributed by atoms with Crippen LogP contribution in [-0.2, 0) is 10.5 Å². The number of alkyl halides is 2. The lowest BCUT2D eigenvalue weighted by atomic mass is 9.91. The summed E-state index contributed by atoms with van der Waals surface area (Å²) >= 11 is 8.48. The molecule has 1 aliphatic heterocycles. The van der Waals surface area contributed by atoms with Gasteiger partial charge in [-0.15, -0.1) is 0 Å². The zero-order valence-electron chi connectivity index (χ0n) is 12.0. The number of fused-ring (bicyclic) bond motifs is 1. The highest BCUT2D eigenvalue weighted by molar-refractivity contribution is 9.10. The van der Waals surface area contributed by atoms with Gasteiger partial charge in [-0.3, -0.25) is 0 Å². The van der Waals surface area contributed by atoms with E-state index in [1.54, 1.807) is 18.2 Å². The summed E-state index contributed by atoms with van der Waals surface area (Å²) in [4.78, 5) is 0. The second-order valence-electron chi connectivity index (χ2n) is 5.57. The maximum atomic E-state index is 11.1. The average molecular weight is 425 g/mol. The molecule has 1 aliphatic rings. The molecule has 0 saturated carbocycles. The fourth-order valence-corrected chi connectivity index (χ4v) is 3.59. The lowest BCUT2D eigenvalue weighted by molar-refractivity contribution is -0.357. The van der Waals surface area contributed by atoms with Crippen molar-refractivity contribution >= 4 is 38.4 Å². The molecular weight excluding hydrogens is 410 g/mol. The Morgan fingerprint density at radius 2 is 1.88 bits per heavy atom. The predicted molar refractivity (Wildman–Crippen MR) is 86.4 cm³/mol. The first-order chi connectivity index (χ1) is 11.1. The molecule has 0 amide bonds. The van der Waals surface area contributed by atoms with Crippen molar-refractivity contribution in [3.05, 3.63) is 30.5 Å². The van der Waals surface area contributed by atoms with Crippen LogP contribution < -0.4 is 0 Å². The third-order valence-electron chi connectivity index (χ3n) is 4.18. The van der Waals surface area contributed by atoms with Crippen LogP contribution in [0, 0.1) is 0 Å². The Bertz CT molecular complexity index is 771. The van der Waals surface area contributed by atoms with Crippen LogP contribution in [0.2, 0.25) is 0 Å². The van der Waals surface area contributed by atoms with E-state index in [2.05, 4.69) is 15.9 Å². The van der Waals surface area contributed by atoms with Gasteiger partial charge in [-0.2, -0.15) is 0 Å². The average Bonchev–Trinajstić information content (AvgIpc) is 2.89. The number of aromatic nitrogens is 1. The van der Waals surface area contributed by atoms with Crippen LogP contribution in [0.4, 0.5) is 0 Å². The molecule has 2 aromatic rings. The molecule has 0 spiro atoms. The van der Waals surface area contributed by atoms with Gasteiger partial charge in [-0.05, 0) is 28.1 Å². The monoisotopic (exact) mass is 423 g/mol. The van der Waals surface area contributed by atoms with Gasteiger partial charge in [0.15, 0.2) is 22.5 Å².